The number of amides is 1. The summed E-state index contributed by atoms with van der Waals surface area (Å²) in [5.41, 5.74) is 2.58. The van der Waals surface area contributed by atoms with Gasteiger partial charge >= 0.3 is 0 Å². The molecule has 7 heteroatoms. The quantitative estimate of drug-likeness (QED) is 0.857. The third-order valence-corrected chi connectivity index (χ3v) is 4.87. The molecule has 26 heavy (non-hydrogen) atoms. The van der Waals surface area contributed by atoms with Gasteiger partial charge in [0.15, 0.2) is 5.82 Å². The second-order valence-corrected chi connectivity index (χ2v) is 7.14. The fourth-order valence-corrected chi connectivity index (χ4v) is 3.26. The van der Waals surface area contributed by atoms with Crippen LogP contribution in [-0.2, 0) is 35.1 Å². The lowest BCUT2D eigenvalue weighted by atomic mass is 9.95. The lowest BCUT2D eigenvalue weighted by molar-refractivity contribution is -0.121. The minimum atomic E-state index is -0.387. The number of nitrogens with zero attached hydrogens (tertiary/aromatic N) is 4. The van der Waals surface area contributed by atoms with E-state index >= 15 is 0 Å². The molecule has 0 spiro atoms. The summed E-state index contributed by atoms with van der Waals surface area (Å²) in [6.07, 6.45) is 9.81. The zero-order valence-electron chi connectivity index (χ0n) is 15.8. The Bertz CT molecular complexity index is 748. The predicted octanol–water partition coefficient (Wildman–Crippen LogP) is 2.18. The van der Waals surface area contributed by atoms with Crippen molar-refractivity contribution >= 4 is 5.91 Å². The second-order valence-electron chi connectivity index (χ2n) is 7.14. The van der Waals surface area contributed by atoms with Gasteiger partial charge in [0.05, 0.1) is 5.69 Å². The molecule has 1 saturated heterocycles. The molecule has 0 aromatic carbocycles. The van der Waals surface area contributed by atoms with E-state index in [-0.39, 0.29) is 11.5 Å². The van der Waals surface area contributed by atoms with E-state index in [0.717, 1.165) is 48.5 Å². The van der Waals surface area contributed by atoms with Crippen LogP contribution in [0.25, 0.3) is 0 Å². The summed E-state index contributed by atoms with van der Waals surface area (Å²) in [7, 11) is 1.89. The van der Waals surface area contributed by atoms with Gasteiger partial charge in [-0.15, -0.1) is 0 Å². The summed E-state index contributed by atoms with van der Waals surface area (Å²) in [6.45, 7) is 5.20. The molecule has 0 aliphatic carbocycles. The SMILES string of the molecule is Cc1nn(C)cc1CCC(=O)NCc1cnc(C2(C)CCCCO2)nc1. The van der Waals surface area contributed by atoms with Crippen molar-refractivity contribution in [1.82, 2.24) is 25.1 Å². The maximum atomic E-state index is 12.1. The van der Waals surface area contributed by atoms with E-state index in [2.05, 4.69) is 20.4 Å². The number of nitrogens with one attached hydrogen (secondary N) is 1. The lowest BCUT2D eigenvalue weighted by Gasteiger charge is -2.32. The van der Waals surface area contributed by atoms with E-state index in [0.29, 0.717) is 19.4 Å². The van der Waals surface area contributed by atoms with Gasteiger partial charge in [0.1, 0.15) is 5.60 Å². The van der Waals surface area contributed by atoms with E-state index in [9.17, 15) is 4.79 Å². The Morgan fingerprint density at radius 3 is 2.73 bits per heavy atom. The molecule has 1 fully saturated rings. The Morgan fingerprint density at radius 1 is 1.35 bits per heavy atom. The lowest BCUT2D eigenvalue weighted by Crippen LogP contribution is -2.32. The normalized spacial score (nSPS) is 20.1. The molecule has 3 heterocycles. The predicted molar refractivity (Wildman–Crippen MR) is 97.3 cm³/mol. The summed E-state index contributed by atoms with van der Waals surface area (Å²) in [4.78, 5) is 21.0. The van der Waals surface area contributed by atoms with Crippen molar-refractivity contribution < 1.29 is 9.53 Å². The van der Waals surface area contributed by atoms with Crippen molar-refractivity contribution in [3.63, 3.8) is 0 Å². The van der Waals surface area contributed by atoms with Crippen molar-refractivity contribution in [3.8, 4) is 0 Å². The van der Waals surface area contributed by atoms with E-state index in [1.54, 1.807) is 17.1 Å². The van der Waals surface area contributed by atoms with Gasteiger partial charge in [0, 0.05) is 50.8 Å². The number of carbonyl (C=O) groups is 1. The third-order valence-electron chi connectivity index (χ3n) is 4.87. The van der Waals surface area contributed by atoms with Gasteiger partial charge in [-0.1, -0.05) is 0 Å². The van der Waals surface area contributed by atoms with Crippen LogP contribution in [0.4, 0.5) is 0 Å². The molecule has 1 aliphatic heterocycles. The van der Waals surface area contributed by atoms with E-state index in [1.807, 2.05) is 27.1 Å². The van der Waals surface area contributed by atoms with Crippen molar-refractivity contribution in [2.45, 2.75) is 58.1 Å². The minimum absolute atomic E-state index is 0.0138. The average molecular weight is 357 g/mol. The molecule has 1 amide bonds. The summed E-state index contributed by atoms with van der Waals surface area (Å²) < 4.78 is 7.65. The fourth-order valence-electron chi connectivity index (χ4n) is 3.26. The van der Waals surface area contributed by atoms with Gasteiger partial charge in [0.2, 0.25) is 5.91 Å². The molecule has 0 saturated carbocycles. The molecule has 1 N–H and O–H groups in total. The summed E-state index contributed by atoms with van der Waals surface area (Å²) in [6, 6.07) is 0. The van der Waals surface area contributed by atoms with Crippen LogP contribution in [0.5, 0.6) is 0 Å². The van der Waals surface area contributed by atoms with Gasteiger partial charge in [-0.25, -0.2) is 9.97 Å². The van der Waals surface area contributed by atoms with E-state index in [4.69, 9.17) is 4.74 Å². The van der Waals surface area contributed by atoms with Crippen molar-refractivity contribution in [2.75, 3.05) is 6.61 Å². The summed E-state index contributed by atoms with van der Waals surface area (Å²) in [5, 5.41) is 7.22. The molecule has 0 radical (unpaired) electrons. The number of ether oxygens (including phenoxy) is 1. The average Bonchev–Trinajstić information content (AvgIpc) is 2.96. The van der Waals surface area contributed by atoms with Gasteiger partial charge < -0.3 is 10.1 Å². The van der Waals surface area contributed by atoms with Crippen molar-refractivity contribution in [1.29, 1.82) is 0 Å². The highest BCUT2D eigenvalue weighted by Gasteiger charge is 2.32. The molecule has 1 atom stereocenters. The number of hydrogen-bond donors (Lipinski definition) is 1. The van der Waals surface area contributed by atoms with Crippen molar-refractivity contribution in [2.24, 2.45) is 7.05 Å². The number of hydrogen-bond acceptors (Lipinski definition) is 5. The molecule has 2 aromatic heterocycles. The first-order valence-electron chi connectivity index (χ1n) is 9.17. The largest absolute Gasteiger partial charge is 0.367 e. The Kier molecular flexibility index (Phi) is 5.66. The molecule has 0 bridgehead atoms. The zero-order chi connectivity index (χ0) is 18.6. The van der Waals surface area contributed by atoms with Crippen LogP contribution < -0.4 is 5.32 Å². The van der Waals surface area contributed by atoms with Crippen LogP contribution in [0.3, 0.4) is 0 Å². The van der Waals surface area contributed by atoms with Crippen LogP contribution in [0.1, 0.15) is 55.3 Å². The van der Waals surface area contributed by atoms with Gasteiger partial charge in [0.25, 0.3) is 0 Å². The highest BCUT2D eigenvalue weighted by Crippen LogP contribution is 2.32. The first-order valence-corrected chi connectivity index (χ1v) is 9.17. The number of carbonyl (C=O) groups excluding carboxylic acids is 1. The number of aryl methyl sites for hydroxylation is 3. The second kappa shape index (κ2) is 7.95. The number of aromatic nitrogens is 4. The molecule has 7 nitrogen and oxygen atoms in total. The molecule has 1 unspecified atom stereocenters. The smallest absolute Gasteiger partial charge is 0.220 e. The molecule has 1 aliphatic rings. The monoisotopic (exact) mass is 357 g/mol. The maximum Gasteiger partial charge on any atom is 0.220 e. The highest BCUT2D eigenvalue weighted by atomic mass is 16.5. The summed E-state index contributed by atoms with van der Waals surface area (Å²) >= 11 is 0. The third kappa shape index (κ3) is 4.46. The van der Waals surface area contributed by atoms with Gasteiger partial charge in [-0.2, -0.15) is 5.10 Å². The first kappa shape index (κ1) is 18.5. The van der Waals surface area contributed by atoms with Crippen LogP contribution in [0.15, 0.2) is 18.6 Å². The van der Waals surface area contributed by atoms with Gasteiger partial charge in [-0.3, -0.25) is 9.48 Å². The standard InChI is InChI=1S/C19H27N5O2/c1-14-16(13-24(3)23-14)6-7-17(25)20-10-15-11-21-18(22-12-15)19(2)8-4-5-9-26-19/h11-13H,4-10H2,1-3H3,(H,20,25). The minimum Gasteiger partial charge on any atom is -0.367 e. The Hall–Kier alpha value is -2.28. The zero-order valence-corrected chi connectivity index (χ0v) is 15.8. The molecule has 140 valence electrons. The van der Waals surface area contributed by atoms with Crippen LogP contribution >= 0.6 is 0 Å². The van der Waals surface area contributed by atoms with E-state index in [1.165, 1.54) is 0 Å². The summed E-state index contributed by atoms with van der Waals surface area (Å²) in [5.74, 6) is 0.735. The Labute approximate surface area is 154 Å². The fraction of sp³-hybridized carbons (Fsp3) is 0.579. The topological polar surface area (TPSA) is 81.9 Å². The van der Waals surface area contributed by atoms with Gasteiger partial charge in [-0.05, 0) is 45.1 Å². The first-order chi connectivity index (χ1) is 12.5. The highest BCUT2D eigenvalue weighted by molar-refractivity contribution is 5.76. The van der Waals surface area contributed by atoms with Crippen LogP contribution in [0.2, 0.25) is 0 Å². The molecular weight excluding hydrogens is 330 g/mol. The molecule has 3 rings (SSSR count). The van der Waals surface area contributed by atoms with Crippen LogP contribution in [-0.4, -0.2) is 32.3 Å². The molecule has 2 aromatic rings. The van der Waals surface area contributed by atoms with Crippen LogP contribution in [0, 0.1) is 6.92 Å². The Balaban J connectivity index is 1.48. The maximum absolute atomic E-state index is 12.1. The molecular formula is C19H27N5O2. The van der Waals surface area contributed by atoms with E-state index < -0.39 is 0 Å². The Morgan fingerprint density at radius 2 is 2.12 bits per heavy atom. The van der Waals surface area contributed by atoms with Crippen molar-refractivity contribution in [3.05, 3.63) is 41.2 Å². The number of rotatable bonds is 6.